The van der Waals surface area contributed by atoms with Crippen molar-refractivity contribution in [2.75, 3.05) is 65.5 Å². The quantitative estimate of drug-likeness (QED) is 0.0291. The van der Waals surface area contributed by atoms with Crippen LogP contribution in [-0.4, -0.2) is 135 Å². The summed E-state index contributed by atoms with van der Waals surface area (Å²) in [5.74, 6) is 1.46. The number of H-pyrrole nitrogens is 1. The number of methoxy groups -OCH3 is 4. The standard InChI is InChI=1S/C60H75N8O13PSSi/c1-37(2)33-61-57-65-52-47(54(70)66-57)62-36-68(52)56-51(75-9)49(81-84(11,12)59(3,4)5)45(79-56)35-77-82(10,83)80-48-44(78-55(50(48)74-8)67-32-31-46(64-58(67)71)63-53(69)38-19-15-13-16-20-38)34-76-60(39-21-17-14-18-22-39,40-23-27-42(72-6)28-24-40)41-25-29-43(73-7)30-26-41/h13-32,36-37,44-45,48-51,55-56H,33-35H2,1-12H3,(H2,61,65,66,70)(H,63,64,69,71)/t44-,45-,48-,49-,50-,51-,55-,56-,82?/m1/s1. The van der Waals surface area contributed by atoms with E-state index in [2.05, 4.69) is 73.3 Å². The van der Waals surface area contributed by atoms with Crippen LogP contribution < -0.4 is 31.4 Å². The summed E-state index contributed by atoms with van der Waals surface area (Å²) < 4.78 is 69.1. The fraction of sp³-hybridized carbons (Fsp3) is 0.433. The first-order chi connectivity index (χ1) is 40.1. The molecule has 3 N–H and O–H groups in total. The highest BCUT2D eigenvalue weighted by molar-refractivity contribution is 8.09. The van der Waals surface area contributed by atoms with Gasteiger partial charge >= 0.3 is 5.69 Å². The Morgan fingerprint density at radius 1 is 0.750 bits per heavy atom. The molecule has 4 aromatic carbocycles. The zero-order valence-electron chi connectivity index (χ0n) is 49.3. The van der Waals surface area contributed by atoms with E-state index >= 15 is 0 Å². The van der Waals surface area contributed by atoms with Crippen LogP contribution in [0.15, 0.2) is 137 Å². The van der Waals surface area contributed by atoms with Crippen LogP contribution in [0.1, 0.15) is 74.1 Å². The monoisotopic (exact) mass is 1210 g/mol. The number of anilines is 2. The minimum Gasteiger partial charge on any atom is -0.497 e. The van der Waals surface area contributed by atoms with Crippen LogP contribution in [0.3, 0.4) is 0 Å². The van der Waals surface area contributed by atoms with Crippen molar-refractivity contribution >= 4 is 55.5 Å². The van der Waals surface area contributed by atoms with E-state index in [9.17, 15) is 14.4 Å². The number of nitrogens with one attached hydrogen (secondary N) is 3. The van der Waals surface area contributed by atoms with Gasteiger partial charge in [-0.3, -0.25) is 23.7 Å². The summed E-state index contributed by atoms with van der Waals surface area (Å²) in [5, 5.41) is 5.71. The molecule has 0 radical (unpaired) electrons. The molecule has 9 atom stereocenters. The molecule has 0 spiro atoms. The summed E-state index contributed by atoms with van der Waals surface area (Å²) in [6.07, 6.45) is -4.35. The first-order valence-electron chi connectivity index (χ1n) is 27.7. The first kappa shape index (κ1) is 62.1. The fourth-order valence-corrected chi connectivity index (χ4v) is 13.1. The molecule has 24 heteroatoms. The van der Waals surface area contributed by atoms with Crippen LogP contribution >= 0.6 is 6.49 Å². The number of fused-ring (bicyclic) bond motifs is 1. The molecule has 448 valence electrons. The molecule has 0 aliphatic carbocycles. The Hall–Kier alpha value is -6.47. The maximum Gasteiger partial charge on any atom is 0.351 e. The molecular formula is C60H75N8O13PSSi. The number of hydrogen-bond donors (Lipinski definition) is 3. The van der Waals surface area contributed by atoms with E-state index in [1.165, 1.54) is 30.3 Å². The molecule has 3 aromatic heterocycles. The van der Waals surface area contributed by atoms with Crippen molar-refractivity contribution in [3.63, 3.8) is 0 Å². The van der Waals surface area contributed by atoms with Gasteiger partial charge in [-0.05, 0) is 95.0 Å². The number of hydrogen-bond acceptors (Lipinski definition) is 18. The Kier molecular flexibility index (Phi) is 19.2. The van der Waals surface area contributed by atoms with Crippen LogP contribution in [-0.2, 0) is 54.6 Å². The van der Waals surface area contributed by atoms with E-state index in [4.69, 9.17) is 63.4 Å². The molecule has 21 nitrogen and oxygen atoms in total. The minimum atomic E-state index is -3.42. The summed E-state index contributed by atoms with van der Waals surface area (Å²) >= 11 is 6.37. The third-order valence-corrected chi connectivity index (χ3v) is 21.8. The van der Waals surface area contributed by atoms with Crippen molar-refractivity contribution < 1.29 is 51.4 Å². The summed E-state index contributed by atoms with van der Waals surface area (Å²) in [6.45, 7) is 13.4. The molecule has 0 bridgehead atoms. The van der Waals surface area contributed by atoms with Gasteiger partial charge in [0.05, 0.1) is 33.8 Å². The third-order valence-electron chi connectivity index (χ3n) is 15.5. The zero-order valence-corrected chi connectivity index (χ0v) is 52.1. The van der Waals surface area contributed by atoms with Crippen molar-refractivity contribution in [1.82, 2.24) is 29.1 Å². The third kappa shape index (κ3) is 13.3. The maximum absolute atomic E-state index is 14.2. The Morgan fingerprint density at radius 2 is 1.31 bits per heavy atom. The summed E-state index contributed by atoms with van der Waals surface area (Å²) in [6, 6.07) is 35.2. The van der Waals surface area contributed by atoms with Crippen molar-refractivity contribution in [1.29, 1.82) is 0 Å². The van der Waals surface area contributed by atoms with Crippen molar-refractivity contribution in [2.24, 2.45) is 5.92 Å². The second kappa shape index (κ2) is 26.0. The van der Waals surface area contributed by atoms with E-state index in [0.717, 1.165) is 16.7 Å². The van der Waals surface area contributed by atoms with Crippen molar-refractivity contribution in [3.05, 3.63) is 171 Å². The molecule has 7 aromatic rings. The van der Waals surface area contributed by atoms with Gasteiger partial charge in [0.2, 0.25) is 5.95 Å². The lowest BCUT2D eigenvalue weighted by Gasteiger charge is -2.40. The summed E-state index contributed by atoms with van der Waals surface area (Å²) in [7, 11) is 3.72. The Balaban J connectivity index is 1.07. The second-order valence-electron chi connectivity index (χ2n) is 22.7. The molecule has 2 saturated heterocycles. The van der Waals surface area contributed by atoms with Gasteiger partial charge in [0.1, 0.15) is 59.5 Å². The maximum atomic E-state index is 14.2. The normalized spacial score (nSPS) is 21.8. The number of benzene rings is 4. The first-order valence-corrected chi connectivity index (χ1v) is 33.7. The Bertz CT molecular complexity index is 3490. The molecule has 84 heavy (non-hydrogen) atoms. The SMILES string of the molecule is COc1ccc(C(OC[C@H]2O[C@@H](n3ccc(NC(=O)c4ccccc4)nc3=O)[C@H](OC)[C@@H]2OP(C)(=S)OC[C@H]2O[C@@H](n3cnc4c(=O)[nH]c(NCC(C)C)nc43)[C@H](OC)[C@@H]2O[Si](C)(C)C(C)(C)C)(c2ccccc2)c2ccc(OC)cc2)cc1. The van der Waals surface area contributed by atoms with Crippen LogP contribution in [0, 0.1) is 5.92 Å². The Morgan fingerprint density at radius 3 is 1.87 bits per heavy atom. The average molecular weight is 1210 g/mol. The van der Waals surface area contributed by atoms with Crippen LogP contribution in [0.25, 0.3) is 11.2 Å². The Labute approximate surface area is 494 Å². The van der Waals surface area contributed by atoms with E-state index < -0.39 is 86.6 Å². The fourth-order valence-electron chi connectivity index (χ4n) is 10.1. The number of imidazole rings is 1. The molecule has 0 saturated carbocycles. The number of nitrogens with zero attached hydrogens (tertiary/aromatic N) is 5. The molecule has 2 aliphatic heterocycles. The van der Waals surface area contributed by atoms with E-state index in [0.29, 0.717) is 35.2 Å². The lowest BCUT2D eigenvalue weighted by atomic mass is 9.80. The van der Waals surface area contributed by atoms with Crippen LogP contribution in [0.2, 0.25) is 18.1 Å². The molecule has 1 unspecified atom stereocenters. The lowest BCUT2D eigenvalue weighted by Crippen LogP contribution is -2.50. The van der Waals surface area contributed by atoms with Gasteiger partial charge in [-0.15, -0.1) is 0 Å². The van der Waals surface area contributed by atoms with Gasteiger partial charge in [0, 0.05) is 39.2 Å². The average Bonchev–Trinajstić information content (AvgIpc) is 1.95. The number of aromatic amines is 1. The van der Waals surface area contributed by atoms with Gasteiger partial charge in [-0.25, -0.2) is 9.78 Å². The molecule has 9 rings (SSSR count). The topological polar surface area (TPSA) is 232 Å². The van der Waals surface area contributed by atoms with Gasteiger partial charge in [0.15, 0.2) is 38.4 Å². The number of amides is 1. The van der Waals surface area contributed by atoms with Crippen molar-refractivity contribution in [3.8, 4) is 11.5 Å². The van der Waals surface area contributed by atoms with Crippen molar-refractivity contribution in [2.45, 2.75) is 107 Å². The number of carbonyl (C=O) groups excluding carboxylic acids is 1. The predicted octanol–water partition coefficient (Wildman–Crippen LogP) is 9.28. The molecule has 2 aliphatic rings. The van der Waals surface area contributed by atoms with Gasteiger partial charge in [0.25, 0.3) is 11.5 Å². The molecular weight excluding hydrogens is 1130 g/mol. The van der Waals surface area contributed by atoms with E-state index in [1.54, 1.807) is 62.9 Å². The van der Waals surface area contributed by atoms with Gasteiger partial charge < -0.3 is 57.3 Å². The zero-order chi connectivity index (χ0) is 60.1. The molecule has 5 heterocycles. The number of carbonyl (C=O) groups is 1. The highest BCUT2D eigenvalue weighted by Crippen LogP contribution is 2.52. The summed E-state index contributed by atoms with van der Waals surface area (Å²) in [4.78, 5) is 57.1. The van der Waals surface area contributed by atoms with E-state index in [-0.39, 0.29) is 35.5 Å². The second-order valence-corrected chi connectivity index (χ2v) is 31.4. The summed E-state index contributed by atoms with van der Waals surface area (Å²) in [5.41, 5.74) is 0.685. The predicted molar refractivity (Wildman–Crippen MR) is 325 cm³/mol. The minimum absolute atomic E-state index is 0.0336. The number of aromatic nitrogens is 6. The van der Waals surface area contributed by atoms with Gasteiger partial charge in [-0.1, -0.05) is 107 Å². The van der Waals surface area contributed by atoms with Crippen LogP contribution in [0.5, 0.6) is 11.5 Å². The lowest BCUT2D eigenvalue weighted by molar-refractivity contribution is -0.0955. The highest BCUT2D eigenvalue weighted by atomic mass is 32.5. The smallest absolute Gasteiger partial charge is 0.351 e. The highest BCUT2D eigenvalue weighted by Gasteiger charge is 2.54. The molecule has 1 amide bonds. The van der Waals surface area contributed by atoms with E-state index in [1.807, 2.05) is 78.9 Å². The number of rotatable bonds is 24. The number of ether oxygens (including phenoxy) is 7. The largest absolute Gasteiger partial charge is 0.497 e. The molecule has 2 fully saturated rings. The van der Waals surface area contributed by atoms with Crippen LogP contribution in [0.4, 0.5) is 11.8 Å². The van der Waals surface area contributed by atoms with Gasteiger partial charge in [-0.2, -0.15) is 9.97 Å².